The van der Waals surface area contributed by atoms with Crippen LogP contribution in [0.25, 0.3) is 0 Å². The summed E-state index contributed by atoms with van der Waals surface area (Å²) < 4.78 is 0. The van der Waals surface area contributed by atoms with Crippen LogP contribution < -0.4 is 5.32 Å². The van der Waals surface area contributed by atoms with Crippen LogP contribution in [0.2, 0.25) is 0 Å². The Kier molecular flexibility index (Phi) is 3.30. The lowest BCUT2D eigenvalue weighted by Gasteiger charge is -2.13. The Morgan fingerprint density at radius 2 is 1.82 bits per heavy atom. The molecule has 64 valence electrons. The first-order valence-electron chi connectivity index (χ1n) is 3.78. The summed E-state index contributed by atoms with van der Waals surface area (Å²) >= 11 is 0. The van der Waals surface area contributed by atoms with Gasteiger partial charge in [0.1, 0.15) is 0 Å². The van der Waals surface area contributed by atoms with Crippen molar-refractivity contribution in [3.63, 3.8) is 0 Å². The van der Waals surface area contributed by atoms with Gasteiger partial charge in [-0.2, -0.15) is 0 Å². The second-order valence-corrected chi connectivity index (χ2v) is 3.77. The van der Waals surface area contributed by atoms with Crippen molar-refractivity contribution < 1.29 is 4.79 Å². The van der Waals surface area contributed by atoms with E-state index in [4.69, 9.17) is 0 Å². The number of carbonyl (C=O) groups is 1. The van der Waals surface area contributed by atoms with Crippen molar-refractivity contribution in [3.05, 3.63) is 11.6 Å². The Balaban J connectivity index is 4.34. The smallest absolute Gasteiger partial charge is 0.246 e. The average molecular weight is 155 g/mol. The number of carbonyl (C=O) groups excluding carboxylic acids is 1. The summed E-state index contributed by atoms with van der Waals surface area (Å²) in [5.41, 5.74) is 0.858. The molecular formula is C9H17NO. The third kappa shape index (κ3) is 4.59. The van der Waals surface area contributed by atoms with Crippen molar-refractivity contribution >= 4 is 5.91 Å². The molecule has 0 aliphatic rings. The molecule has 0 radical (unpaired) electrons. The minimum absolute atomic E-state index is 0.0000694. The van der Waals surface area contributed by atoms with Gasteiger partial charge in [-0.25, -0.2) is 0 Å². The molecule has 0 aromatic heterocycles. The zero-order valence-electron chi connectivity index (χ0n) is 7.99. The lowest BCUT2D eigenvalue weighted by molar-refractivity contribution is -0.117. The highest BCUT2D eigenvalue weighted by atomic mass is 16.1. The fourth-order valence-electron chi connectivity index (χ4n) is 0.912. The second kappa shape index (κ2) is 3.56. The standard InChI is InChI=1S/C9H17NO/c1-7(8(11)10-5)6-9(2,3)4/h6H,1-5H3,(H,10,11)/b7-6+. The van der Waals surface area contributed by atoms with E-state index in [0.29, 0.717) is 0 Å². The van der Waals surface area contributed by atoms with Gasteiger partial charge in [0.05, 0.1) is 0 Å². The van der Waals surface area contributed by atoms with Crippen molar-refractivity contribution in [2.75, 3.05) is 7.05 Å². The SMILES string of the molecule is CNC(=O)/C(C)=C/C(C)(C)C. The maximum Gasteiger partial charge on any atom is 0.246 e. The first-order valence-corrected chi connectivity index (χ1v) is 3.78. The molecular weight excluding hydrogens is 138 g/mol. The summed E-state index contributed by atoms with van der Waals surface area (Å²) in [6, 6.07) is 0. The summed E-state index contributed by atoms with van der Waals surface area (Å²) in [4.78, 5) is 11.0. The van der Waals surface area contributed by atoms with Crippen LogP contribution in [0.5, 0.6) is 0 Å². The van der Waals surface area contributed by atoms with Crippen LogP contribution in [0.15, 0.2) is 11.6 Å². The molecule has 0 aromatic carbocycles. The third-order valence-corrected chi connectivity index (χ3v) is 1.23. The lowest BCUT2D eigenvalue weighted by atomic mass is 9.94. The molecule has 0 heterocycles. The van der Waals surface area contributed by atoms with Gasteiger partial charge >= 0.3 is 0 Å². The van der Waals surface area contributed by atoms with Gasteiger partial charge in [0.15, 0.2) is 0 Å². The molecule has 0 spiro atoms. The predicted molar refractivity (Wildman–Crippen MR) is 47.3 cm³/mol. The Morgan fingerprint density at radius 3 is 2.09 bits per heavy atom. The van der Waals surface area contributed by atoms with E-state index in [0.717, 1.165) is 5.57 Å². The largest absolute Gasteiger partial charge is 0.355 e. The van der Waals surface area contributed by atoms with Crippen molar-refractivity contribution in [2.24, 2.45) is 5.41 Å². The van der Waals surface area contributed by atoms with Gasteiger partial charge in [0.2, 0.25) is 5.91 Å². The Hall–Kier alpha value is -0.790. The molecule has 0 bridgehead atoms. The van der Waals surface area contributed by atoms with E-state index in [9.17, 15) is 4.79 Å². The van der Waals surface area contributed by atoms with Crippen LogP contribution in [-0.2, 0) is 4.79 Å². The molecule has 2 nitrogen and oxygen atoms in total. The van der Waals surface area contributed by atoms with E-state index in [1.165, 1.54) is 0 Å². The van der Waals surface area contributed by atoms with Crippen molar-refractivity contribution in [2.45, 2.75) is 27.7 Å². The first-order chi connectivity index (χ1) is 4.87. The highest BCUT2D eigenvalue weighted by Gasteiger charge is 2.09. The minimum Gasteiger partial charge on any atom is -0.355 e. The molecule has 2 heteroatoms. The molecule has 1 N–H and O–H groups in total. The van der Waals surface area contributed by atoms with Gasteiger partial charge in [-0.15, -0.1) is 0 Å². The summed E-state index contributed by atoms with van der Waals surface area (Å²) in [5.74, 6) is -0.0000694. The van der Waals surface area contributed by atoms with E-state index in [-0.39, 0.29) is 11.3 Å². The maximum atomic E-state index is 11.0. The van der Waals surface area contributed by atoms with Gasteiger partial charge < -0.3 is 5.32 Å². The number of hydrogen-bond donors (Lipinski definition) is 1. The quantitative estimate of drug-likeness (QED) is 0.574. The molecule has 0 aliphatic carbocycles. The number of allylic oxidation sites excluding steroid dienone is 1. The van der Waals surface area contributed by atoms with Crippen LogP contribution in [0.1, 0.15) is 27.7 Å². The summed E-state index contributed by atoms with van der Waals surface area (Å²) in [6.07, 6.45) is 1.96. The molecule has 1 amide bonds. The monoisotopic (exact) mass is 155 g/mol. The minimum atomic E-state index is -0.0000694. The van der Waals surface area contributed by atoms with Gasteiger partial charge in [0.25, 0.3) is 0 Å². The van der Waals surface area contributed by atoms with E-state index >= 15 is 0 Å². The number of nitrogens with one attached hydrogen (secondary N) is 1. The molecule has 0 unspecified atom stereocenters. The van der Waals surface area contributed by atoms with Crippen molar-refractivity contribution in [1.29, 1.82) is 0 Å². The van der Waals surface area contributed by atoms with E-state index < -0.39 is 0 Å². The zero-order chi connectivity index (χ0) is 9.07. The fraction of sp³-hybridized carbons (Fsp3) is 0.667. The van der Waals surface area contributed by atoms with E-state index in [1.807, 2.05) is 13.0 Å². The highest BCUT2D eigenvalue weighted by molar-refractivity contribution is 5.92. The summed E-state index contributed by atoms with van der Waals surface area (Å²) in [6.45, 7) is 8.03. The Morgan fingerprint density at radius 1 is 1.36 bits per heavy atom. The number of likely N-dealkylation sites (N-methyl/N-ethyl adjacent to an activating group) is 1. The van der Waals surface area contributed by atoms with Crippen LogP contribution in [0, 0.1) is 5.41 Å². The first kappa shape index (κ1) is 10.2. The normalized spacial score (nSPS) is 13.0. The highest BCUT2D eigenvalue weighted by Crippen LogP contribution is 2.17. The van der Waals surface area contributed by atoms with Crippen LogP contribution in [0.3, 0.4) is 0 Å². The molecule has 0 aromatic rings. The molecule has 11 heavy (non-hydrogen) atoms. The molecule has 0 saturated heterocycles. The molecule has 0 saturated carbocycles. The molecule has 0 aliphatic heterocycles. The van der Waals surface area contributed by atoms with Crippen LogP contribution in [-0.4, -0.2) is 13.0 Å². The van der Waals surface area contributed by atoms with E-state index in [1.54, 1.807) is 7.05 Å². The van der Waals surface area contributed by atoms with E-state index in [2.05, 4.69) is 26.1 Å². The predicted octanol–water partition coefficient (Wildman–Crippen LogP) is 1.72. The average Bonchev–Trinajstić information content (AvgIpc) is 1.82. The van der Waals surface area contributed by atoms with Crippen molar-refractivity contribution in [3.8, 4) is 0 Å². The molecule has 0 atom stereocenters. The fourth-order valence-corrected chi connectivity index (χ4v) is 0.912. The van der Waals surface area contributed by atoms with Gasteiger partial charge in [0, 0.05) is 12.6 Å². The molecule has 0 fully saturated rings. The number of rotatable bonds is 1. The van der Waals surface area contributed by atoms with Gasteiger partial charge in [-0.1, -0.05) is 26.8 Å². The topological polar surface area (TPSA) is 29.1 Å². The summed E-state index contributed by atoms with van der Waals surface area (Å²) in [5, 5.41) is 2.58. The van der Waals surface area contributed by atoms with Crippen LogP contribution in [0.4, 0.5) is 0 Å². The van der Waals surface area contributed by atoms with Crippen molar-refractivity contribution in [1.82, 2.24) is 5.32 Å². The molecule has 0 rings (SSSR count). The van der Waals surface area contributed by atoms with Crippen LogP contribution >= 0.6 is 0 Å². The van der Waals surface area contributed by atoms with Gasteiger partial charge in [-0.05, 0) is 12.3 Å². The summed E-state index contributed by atoms with van der Waals surface area (Å²) in [7, 11) is 1.64. The lowest BCUT2D eigenvalue weighted by Crippen LogP contribution is -2.19. The Bertz CT molecular complexity index is 174. The number of amides is 1. The third-order valence-electron chi connectivity index (χ3n) is 1.23. The second-order valence-electron chi connectivity index (χ2n) is 3.77. The van der Waals surface area contributed by atoms with Gasteiger partial charge in [-0.3, -0.25) is 4.79 Å². The zero-order valence-corrected chi connectivity index (χ0v) is 7.99. The number of hydrogen-bond acceptors (Lipinski definition) is 1. The Labute approximate surface area is 68.7 Å². The maximum absolute atomic E-state index is 11.0.